The summed E-state index contributed by atoms with van der Waals surface area (Å²) in [5.41, 5.74) is 6.89. The molecule has 9 nitrogen and oxygen atoms in total. The van der Waals surface area contributed by atoms with Gasteiger partial charge in [0, 0.05) is 38.8 Å². The summed E-state index contributed by atoms with van der Waals surface area (Å²) in [6.45, 7) is 6.61. The maximum atomic E-state index is 13.3. The Kier molecular flexibility index (Phi) is 8.91. The van der Waals surface area contributed by atoms with Gasteiger partial charge in [-0.15, -0.1) is 0 Å². The molecule has 0 spiro atoms. The quantitative estimate of drug-likeness (QED) is 0.460. The maximum Gasteiger partial charge on any atom is 0.236 e. The van der Waals surface area contributed by atoms with Crippen LogP contribution in [0.5, 0.6) is 11.5 Å². The Morgan fingerprint density at radius 1 is 1.20 bits per heavy atom. The molecule has 0 unspecified atom stereocenters. The number of nitrogens with two attached hydrogens (primary N) is 1. The molecule has 2 saturated heterocycles. The first-order valence-corrected chi connectivity index (χ1v) is 14.6. The minimum atomic E-state index is -3.13. The van der Waals surface area contributed by atoms with Crippen LogP contribution < -0.4 is 15.2 Å². The fourth-order valence-corrected chi connectivity index (χ4v) is 6.93. The zero-order chi connectivity index (χ0) is 24.8. The standard InChI is InChI=1S/C25H40N4O5S/c1-2-3-10-27(11-4-9-26)25(30)18-28-17-21(20-6-7-23-24(16-20)34-19-33-23)15-22(28)8-13-29-12-5-14-35(29,31)32/h6-7,16,21-22H,2-5,8-15,17-19,26H2,1H3/t21-,22+/m1/s1. The van der Waals surface area contributed by atoms with E-state index in [0.717, 1.165) is 56.7 Å². The van der Waals surface area contributed by atoms with E-state index in [0.29, 0.717) is 39.1 Å². The number of likely N-dealkylation sites (tertiary alicyclic amines) is 1. The van der Waals surface area contributed by atoms with E-state index in [9.17, 15) is 13.2 Å². The van der Waals surface area contributed by atoms with Gasteiger partial charge in [0.25, 0.3) is 0 Å². The third-order valence-electron chi connectivity index (χ3n) is 7.42. The summed E-state index contributed by atoms with van der Waals surface area (Å²) in [5, 5.41) is 0. The van der Waals surface area contributed by atoms with E-state index in [1.54, 1.807) is 4.31 Å². The van der Waals surface area contributed by atoms with Crippen LogP contribution in [-0.2, 0) is 14.8 Å². The fourth-order valence-electron chi connectivity index (χ4n) is 5.39. The molecule has 2 atom stereocenters. The van der Waals surface area contributed by atoms with Crippen molar-refractivity contribution in [1.29, 1.82) is 0 Å². The van der Waals surface area contributed by atoms with Crippen molar-refractivity contribution in [1.82, 2.24) is 14.1 Å². The third kappa shape index (κ3) is 6.47. The van der Waals surface area contributed by atoms with Crippen molar-refractivity contribution in [3.8, 4) is 11.5 Å². The van der Waals surface area contributed by atoms with Gasteiger partial charge in [-0.25, -0.2) is 12.7 Å². The highest BCUT2D eigenvalue weighted by molar-refractivity contribution is 7.89. The Balaban J connectivity index is 1.46. The van der Waals surface area contributed by atoms with E-state index < -0.39 is 10.0 Å². The van der Waals surface area contributed by atoms with Crippen LogP contribution in [0.1, 0.15) is 56.9 Å². The fraction of sp³-hybridized carbons (Fsp3) is 0.720. The average Bonchev–Trinajstić information content (AvgIpc) is 3.55. The maximum absolute atomic E-state index is 13.3. The zero-order valence-corrected chi connectivity index (χ0v) is 21.7. The van der Waals surface area contributed by atoms with E-state index in [4.69, 9.17) is 15.2 Å². The molecule has 2 fully saturated rings. The summed E-state index contributed by atoms with van der Waals surface area (Å²) in [6.07, 6.45) is 5.12. The lowest BCUT2D eigenvalue weighted by atomic mass is 9.95. The lowest BCUT2D eigenvalue weighted by Crippen LogP contribution is -2.44. The number of carbonyl (C=O) groups is 1. The number of carbonyl (C=O) groups excluding carboxylic acids is 1. The van der Waals surface area contributed by atoms with Crippen molar-refractivity contribution in [3.63, 3.8) is 0 Å². The van der Waals surface area contributed by atoms with Crippen molar-refractivity contribution >= 4 is 15.9 Å². The second-order valence-electron chi connectivity index (χ2n) is 9.86. The molecule has 3 heterocycles. The third-order valence-corrected chi connectivity index (χ3v) is 9.37. The first-order valence-electron chi connectivity index (χ1n) is 13.0. The van der Waals surface area contributed by atoms with E-state index in [2.05, 4.69) is 24.0 Å². The number of hydrogen-bond acceptors (Lipinski definition) is 7. The molecule has 0 saturated carbocycles. The number of rotatable bonds is 12. The SMILES string of the molecule is CCCCN(CCCN)C(=O)CN1C[C@H](c2ccc3c(c2)OCO3)C[C@@H]1CCN1CCCS1(=O)=O. The largest absolute Gasteiger partial charge is 0.454 e. The van der Waals surface area contributed by atoms with Gasteiger partial charge in [0.05, 0.1) is 12.3 Å². The molecule has 4 rings (SSSR count). The molecule has 3 aliphatic heterocycles. The predicted molar refractivity (Wildman–Crippen MR) is 135 cm³/mol. The Bertz CT molecular complexity index is 965. The summed E-state index contributed by atoms with van der Waals surface area (Å²) in [7, 11) is -3.13. The summed E-state index contributed by atoms with van der Waals surface area (Å²) in [4.78, 5) is 17.5. The second kappa shape index (κ2) is 11.9. The van der Waals surface area contributed by atoms with Crippen LogP contribution in [0.15, 0.2) is 18.2 Å². The average molecular weight is 509 g/mol. The minimum absolute atomic E-state index is 0.136. The van der Waals surface area contributed by atoms with Crippen LogP contribution in [0.4, 0.5) is 0 Å². The van der Waals surface area contributed by atoms with Crippen molar-refractivity contribution in [2.75, 3.05) is 58.4 Å². The van der Waals surface area contributed by atoms with Gasteiger partial charge < -0.3 is 20.1 Å². The smallest absolute Gasteiger partial charge is 0.236 e. The van der Waals surface area contributed by atoms with Gasteiger partial charge in [0.1, 0.15) is 0 Å². The molecule has 196 valence electrons. The van der Waals surface area contributed by atoms with Gasteiger partial charge in [0.2, 0.25) is 22.7 Å². The lowest BCUT2D eigenvalue weighted by molar-refractivity contribution is -0.132. The number of unbranched alkanes of at least 4 members (excludes halogenated alkanes) is 1. The summed E-state index contributed by atoms with van der Waals surface area (Å²) in [5.74, 6) is 2.17. The van der Waals surface area contributed by atoms with Gasteiger partial charge in [-0.05, 0) is 62.3 Å². The number of nitrogens with zero attached hydrogens (tertiary/aromatic N) is 3. The first kappa shape index (κ1) is 26.2. The molecular formula is C25H40N4O5S. The van der Waals surface area contributed by atoms with E-state index >= 15 is 0 Å². The number of ether oxygens (including phenoxy) is 2. The molecule has 0 aliphatic carbocycles. The highest BCUT2D eigenvalue weighted by Crippen LogP contribution is 2.39. The predicted octanol–water partition coefficient (Wildman–Crippen LogP) is 1.98. The molecule has 1 amide bonds. The summed E-state index contributed by atoms with van der Waals surface area (Å²) < 4.78 is 37.3. The molecule has 35 heavy (non-hydrogen) atoms. The summed E-state index contributed by atoms with van der Waals surface area (Å²) >= 11 is 0. The lowest BCUT2D eigenvalue weighted by Gasteiger charge is -2.29. The number of amides is 1. The van der Waals surface area contributed by atoms with Gasteiger partial charge in [-0.2, -0.15) is 0 Å². The molecule has 10 heteroatoms. The molecule has 2 N–H and O–H groups in total. The monoisotopic (exact) mass is 508 g/mol. The second-order valence-corrected chi connectivity index (χ2v) is 12.0. The molecular weight excluding hydrogens is 468 g/mol. The van der Waals surface area contributed by atoms with Gasteiger partial charge in [-0.3, -0.25) is 9.69 Å². The Morgan fingerprint density at radius 2 is 2.00 bits per heavy atom. The molecule has 0 radical (unpaired) electrons. The van der Waals surface area contributed by atoms with Crippen molar-refractivity contribution in [2.45, 2.75) is 57.4 Å². The van der Waals surface area contributed by atoms with Crippen LogP contribution in [0.2, 0.25) is 0 Å². The molecule has 1 aromatic carbocycles. The number of hydrogen-bond donors (Lipinski definition) is 1. The van der Waals surface area contributed by atoms with Crippen molar-refractivity contribution in [2.24, 2.45) is 5.73 Å². The highest BCUT2D eigenvalue weighted by Gasteiger charge is 2.37. The topological polar surface area (TPSA) is 105 Å². The van der Waals surface area contributed by atoms with Crippen LogP contribution >= 0.6 is 0 Å². The van der Waals surface area contributed by atoms with Crippen molar-refractivity contribution in [3.05, 3.63) is 23.8 Å². The van der Waals surface area contributed by atoms with Gasteiger partial charge in [0.15, 0.2) is 11.5 Å². The van der Waals surface area contributed by atoms with Crippen LogP contribution in [-0.4, -0.2) is 92.8 Å². The van der Waals surface area contributed by atoms with E-state index in [1.165, 1.54) is 5.56 Å². The molecule has 0 bridgehead atoms. The Hall–Kier alpha value is -1.88. The minimum Gasteiger partial charge on any atom is -0.454 e. The van der Waals surface area contributed by atoms with Crippen LogP contribution in [0.3, 0.4) is 0 Å². The number of benzene rings is 1. The van der Waals surface area contributed by atoms with Crippen LogP contribution in [0.25, 0.3) is 0 Å². The molecule has 3 aliphatic rings. The Labute approximate surface area is 209 Å². The number of sulfonamides is 1. The van der Waals surface area contributed by atoms with Gasteiger partial charge in [-0.1, -0.05) is 19.4 Å². The normalized spacial score (nSPS) is 23.7. The molecule has 1 aromatic rings. The summed E-state index contributed by atoms with van der Waals surface area (Å²) in [6, 6.07) is 6.24. The van der Waals surface area contributed by atoms with E-state index in [-0.39, 0.29) is 30.4 Å². The van der Waals surface area contributed by atoms with Crippen LogP contribution in [0, 0.1) is 0 Å². The van der Waals surface area contributed by atoms with Gasteiger partial charge >= 0.3 is 0 Å². The Morgan fingerprint density at radius 3 is 2.74 bits per heavy atom. The number of fused-ring (bicyclic) bond motifs is 1. The highest BCUT2D eigenvalue weighted by atomic mass is 32.2. The first-order chi connectivity index (χ1) is 16.9. The van der Waals surface area contributed by atoms with E-state index in [1.807, 2.05) is 11.0 Å². The van der Waals surface area contributed by atoms with Crippen molar-refractivity contribution < 1.29 is 22.7 Å². The zero-order valence-electron chi connectivity index (χ0n) is 20.9. The molecule has 0 aromatic heterocycles.